The maximum absolute atomic E-state index is 12.8. The van der Waals surface area contributed by atoms with Gasteiger partial charge in [-0.15, -0.1) is 0 Å². The van der Waals surface area contributed by atoms with Gasteiger partial charge in [-0.3, -0.25) is 4.79 Å². The van der Waals surface area contributed by atoms with E-state index in [1.807, 2.05) is 0 Å². The summed E-state index contributed by atoms with van der Waals surface area (Å²) in [6.07, 6.45) is 2.96. The highest BCUT2D eigenvalue weighted by Crippen LogP contribution is 2.29. The zero-order valence-electron chi connectivity index (χ0n) is 14.0. The number of nitrogens with zero attached hydrogens (tertiary/aromatic N) is 1. The van der Waals surface area contributed by atoms with Gasteiger partial charge in [-0.2, -0.15) is 4.31 Å². The quantitative estimate of drug-likeness (QED) is 0.785. The Morgan fingerprint density at radius 3 is 2.72 bits per heavy atom. The van der Waals surface area contributed by atoms with Crippen LogP contribution in [0.2, 0.25) is 0 Å². The van der Waals surface area contributed by atoms with Gasteiger partial charge in [0.2, 0.25) is 10.0 Å². The highest BCUT2D eigenvalue weighted by atomic mass is 32.2. The van der Waals surface area contributed by atoms with E-state index in [9.17, 15) is 13.2 Å². The van der Waals surface area contributed by atoms with Gasteiger partial charge in [0.1, 0.15) is 0 Å². The molecule has 2 bridgehead atoms. The second-order valence-corrected chi connectivity index (χ2v) is 8.83. The maximum Gasteiger partial charge on any atom is 0.251 e. The minimum Gasteiger partial charge on any atom is -0.376 e. The van der Waals surface area contributed by atoms with Crippen molar-refractivity contribution in [3.63, 3.8) is 0 Å². The third kappa shape index (κ3) is 3.31. The zero-order chi connectivity index (χ0) is 17.4. The Balaban J connectivity index is 1.41. The van der Waals surface area contributed by atoms with Crippen LogP contribution in [0.3, 0.4) is 0 Å². The van der Waals surface area contributed by atoms with Crippen LogP contribution in [0.4, 0.5) is 0 Å². The molecule has 7 nitrogen and oxygen atoms in total. The molecule has 0 aromatic heterocycles. The Kier molecular flexibility index (Phi) is 4.53. The van der Waals surface area contributed by atoms with E-state index in [-0.39, 0.29) is 29.0 Å². The molecule has 0 saturated carbocycles. The highest BCUT2D eigenvalue weighted by Gasteiger charge is 2.44. The van der Waals surface area contributed by atoms with Crippen molar-refractivity contribution in [1.82, 2.24) is 14.9 Å². The molecule has 0 unspecified atom stereocenters. The van der Waals surface area contributed by atoms with Crippen molar-refractivity contribution in [2.75, 3.05) is 26.2 Å². The van der Waals surface area contributed by atoms with Crippen LogP contribution in [-0.4, -0.2) is 63.1 Å². The molecule has 3 saturated heterocycles. The number of fused-ring (bicyclic) bond motifs is 2. The average molecular weight is 365 g/mol. The molecule has 2 N–H and O–H groups in total. The number of benzene rings is 1. The summed E-state index contributed by atoms with van der Waals surface area (Å²) in [6, 6.07) is 6.51. The van der Waals surface area contributed by atoms with Crippen molar-refractivity contribution in [3.05, 3.63) is 29.8 Å². The molecule has 3 aliphatic heterocycles. The molecule has 136 valence electrons. The molecule has 8 heteroatoms. The van der Waals surface area contributed by atoms with Crippen LogP contribution in [0.25, 0.3) is 0 Å². The number of hydrogen-bond donors (Lipinski definition) is 2. The van der Waals surface area contributed by atoms with E-state index in [4.69, 9.17) is 4.74 Å². The van der Waals surface area contributed by atoms with Crippen molar-refractivity contribution in [2.24, 2.45) is 0 Å². The van der Waals surface area contributed by atoms with Crippen LogP contribution in [0, 0.1) is 0 Å². The average Bonchev–Trinajstić information content (AvgIpc) is 3.37. The second-order valence-electron chi connectivity index (χ2n) is 6.94. The van der Waals surface area contributed by atoms with E-state index in [0.717, 1.165) is 25.9 Å². The fourth-order valence-electron chi connectivity index (χ4n) is 3.84. The molecule has 3 heterocycles. The van der Waals surface area contributed by atoms with E-state index >= 15 is 0 Å². The molecule has 0 radical (unpaired) electrons. The second kappa shape index (κ2) is 6.68. The number of amides is 1. The van der Waals surface area contributed by atoms with Gasteiger partial charge in [0.05, 0.1) is 11.0 Å². The summed E-state index contributed by atoms with van der Waals surface area (Å²) in [5, 5.41) is 6.15. The molecular weight excluding hydrogens is 342 g/mol. The number of piperazine rings is 1. The Hall–Kier alpha value is -1.48. The Labute approximate surface area is 147 Å². The van der Waals surface area contributed by atoms with Gasteiger partial charge in [-0.1, -0.05) is 0 Å². The normalized spacial score (nSPS) is 29.2. The lowest BCUT2D eigenvalue weighted by Crippen LogP contribution is -2.46. The van der Waals surface area contributed by atoms with Crippen LogP contribution < -0.4 is 10.6 Å². The van der Waals surface area contributed by atoms with Gasteiger partial charge < -0.3 is 15.4 Å². The Morgan fingerprint density at radius 2 is 2.12 bits per heavy atom. The first-order valence-corrected chi connectivity index (χ1v) is 10.2. The van der Waals surface area contributed by atoms with Crippen LogP contribution in [0.1, 0.15) is 29.6 Å². The lowest BCUT2D eigenvalue weighted by atomic mass is 10.2. The third-order valence-electron chi connectivity index (χ3n) is 5.24. The molecule has 4 rings (SSSR count). The zero-order valence-corrected chi connectivity index (χ0v) is 14.8. The van der Waals surface area contributed by atoms with Crippen molar-refractivity contribution >= 4 is 15.9 Å². The summed E-state index contributed by atoms with van der Waals surface area (Å²) in [7, 11) is -3.50. The largest absolute Gasteiger partial charge is 0.376 e. The van der Waals surface area contributed by atoms with E-state index in [2.05, 4.69) is 10.6 Å². The van der Waals surface area contributed by atoms with Gasteiger partial charge in [-0.05, 0) is 43.5 Å². The molecule has 1 aromatic rings. The summed E-state index contributed by atoms with van der Waals surface area (Å²) in [6.45, 7) is 2.48. The topological polar surface area (TPSA) is 87.7 Å². The van der Waals surface area contributed by atoms with Crippen LogP contribution >= 0.6 is 0 Å². The number of ether oxygens (including phenoxy) is 1. The number of carbonyl (C=O) groups is 1. The summed E-state index contributed by atoms with van der Waals surface area (Å²) < 4.78 is 32.6. The Morgan fingerprint density at radius 1 is 1.32 bits per heavy atom. The molecular formula is C17H23N3O4S. The molecule has 1 amide bonds. The lowest BCUT2D eigenvalue weighted by Gasteiger charge is -2.26. The summed E-state index contributed by atoms with van der Waals surface area (Å²) in [5.41, 5.74) is 0.460. The molecule has 25 heavy (non-hydrogen) atoms. The first-order chi connectivity index (χ1) is 12.0. The Bertz CT molecular complexity index is 744. The van der Waals surface area contributed by atoms with Gasteiger partial charge in [0, 0.05) is 43.9 Å². The summed E-state index contributed by atoms with van der Waals surface area (Å²) in [5.74, 6) is -0.205. The van der Waals surface area contributed by atoms with E-state index in [1.54, 1.807) is 16.4 Å². The van der Waals surface area contributed by atoms with Crippen molar-refractivity contribution in [3.8, 4) is 0 Å². The minimum absolute atomic E-state index is 0.0457. The first kappa shape index (κ1) is 17.0. The molecule has 1 aromatic carbocycles. The van der Waals surface area contributed by atoms with E-state index < -0.39 is 10.0 Å². The smallest absolute Gasteiger partial charge is 0.251 e. The van der Waals surface area contributed by atoms with Crippen LogP contribution in [0.5, 0.6) is 0 Å². The number of hydrogen-bond acceptors (Lipinski definition) is 5. The highest BCUT2D eigenvalue weighted by molar-refractivity contribution is 7.89. The van der Waals surface area contributed by atoms with Gasteiger partial charge >= 0.3 is 0 Å². The SMILES string of the molecule is O=C(NC[C@H]1CCCO1)c1ccc(S(=O)(=O)N2C[C@@H]3C[C@H]2CN3)cc1. The van der Waals surface area contributed by atoms with Crippen molar-refractivity contribution < 1.29 is 17.9 Å². The fourth-order valence-corrected chi connectivity index (χ4v) is 5.52. The molecule has 3 aliphatic rings. The number of carbonyl (C=O) groups excluding carboxylic acids is 1. The molecule has 0 spiro atoms. The molecule has 3 atom stereocenters. The van der Waals surface area contributed by atoms with Crippen molar-refractivity contribution in [2.45, 2.75) is 42.3 Å². The monoisotopic (exact) mass is 365 g/mol. The molecule has 0 aliphatic carbocycles. The minimum atomic E-state index is -3.50. The van der Waals surface area contributed by atoms with Gasteiger partial charge in [0.25, 0.3) is 5.91 Å². The summed E-state index contributed by atoms with van der Waals surface area (Å²) in [4.78, 5) is 12.4. The third-order valence-corrected chi connectivity index (χ3v) is 7.18. The predicted octanol–water partition coefficient (Wildman–Crippen LogP) is 0.330. The van der Waals surface area contributed by atoms with Crippen LogP contribution in [0.15, 0.2) is 29.2 Å². The first-order valence-electron chi connectivity index (χ1n) is 8.79. The molecule has 3 fully saturated rings. The lowest BCUT2D eigenvalue weighted by molar-refractivity contribution is 0.0857. The number of nitrogens with one attached hydrogen (secondary N) is 2. The van der Waals surface area contributed by atoms with E-state index in [1.165, 1.54) is 12.1 Å². The standard InChI is InChI=1S/C17H23N3O4S/c21-17(19-10-15-2-1-7-24-15)12-3-5-16(6-4-12)25(22,23)20-11-13-8-14(20)9-18-13/h3-6,13-15,18H,1-2,7-11H2,(H,19,21)/t13-,14-,15+/m0/s1. The number of rotatable bonds is 5. The number of sulfonamides is 1. The van der Waals surface area contributed by atoms with Crippen molar-refractivity contribution in [1.29, 1.82) is 0 Å². The fraction of sp³-hybridized carbons (Fsp3) is 0.588. The van der Waals surface area contributed by atoms with Gasteiger partial charge in [0.15, 0.2) is 0 Å². The maximum atomic E-state index is 12.8. The van der Waals surface area contributed by atoms with Gasteiger partial charge in [-0.25, -0.2) is 8.42 Å². The summed E-state index contributed by atoms with van der Waals surface area (Å²) >= 11 is 0. The van der Waals surface area contributed by atoms with E-state index in [0.29, 0.717) is 25.2 Å². The van der Waals surface area contributed by atoms with Crippen LogP contribution in [-0.2, 0) is 14.8 Å². The predicted molar refractivity (Wildman–Crippen MR) is 91.8 cm³/mol.